The number of aliphatic hydroxyl groups is 1. The van der Waals surface area contributed by atoms with Crippen molar-refractivity contribution in [1.82, 2.24) is 0 Å². The van der Waals surface area contributed by atoms with E-state index in [-0.39, 0.29) is 13.2 Å². The van der Waals surface area contributed by atoms with E-state index in [0.717, 1.165) is 5.69 Å². The molecule has 0 bridgehead atoms. The van der Waals surface area contributed by atoms with Crippen molar-refractivity contribution in [3.8, 4) is 0 Å². The summed E-state index contributed by atoms with van der Waals surface area (Å²) >= 11 is 0. The van der Waals surface area contributed by atoms with Crippen molar-refractivity contribution in [2.75, 3.05) is 50.3 Å². The highest BCUT2D eigenvalue weighted by Crippen LogP contribution is 2.32. The predicted molar refractivity (Wildman–Crippen MR) is 89.6 cm³/mol. The van der Waals surface area contributed by atoms with Crippen LogP contribution in [0.2, 0.25) is 0 Å². The van der Waals surface area contributed by atoms with Gasteiger partial charge >= 0.3 is 6.09 Å². The van der Waals surface area contributed by atoms with E-state index in [0.29, 0.717) is 25.2 Å². The van der Waals surface area contributed by atoms with E-state index >= 15 is 0 Å². The fraction of sp³-hybridized carbons (Fsp3) is 0.588. The Morgan fingerprint density at radius 2 is 1.88 bits per heavy atom. The standard InChI is InChI=1S/C17H23FN2O5/c1-23-17(24-2)7-8-19(10-15(17)18)12-3-5-13(6-4-12)20-9-14(11-21)25-16(20)22/h3-6,14-15,21H,7-11H2,1-2H3/t14-,15?/m1/s1. The number of halogens is 1. The molecule has 138 valence electrons. The highest BCUT2D eigenvalue weighted by Gasteiger charge is 2.44. The van der Waals surface area contributed by atoms with Gasteiger partial charge in [0.25, 0.3) is 0 Å². The molecule has 1 amide bonds. The maximum Gasteiger partial charge on any atom is 0.414 e. The van der Waals surface area contributed by atoms with Gasteiger partial charge in [0.15, 0.2) is 6.17 Å². The van der Waals surface area contributed by atoms with Crippen LogP contribution in [0.3, 0.4) is 0 Å². The van der Waals surface area contributed by atoms with Crippen molar-refractivity contribution in [2.24, 2.45) is 0 Å². The number of rotatable bonds is 5. The maximum absolute atomic E-state index is 14.5. The molecule has 1 aromatic rings. The average Bonchev–Trinajstić information content (AvgIpc) is 3.03. The van der Waals surface area contributed by atoms with Crippen LogP contribution in [0, 0.1) is 0 Å². The van der Waals surface area contributed by atoms with Crippen molar-refractivity contribution in [2.45, 2.75) is 24.5 Å². The Labute approximate surface area is 145 Å². The van der Waals surface area contributed by atoms with Crippen LogP contribution in [0.15, 0.2) is 24.3 Å². The van der Waals surface area contributed by atoms with Gasteiger partial charge < -0.3 is 24.2 Å². The van der Waals surface area contributed by atoms with Crippen LogP contribution in [-0.2, 0) is 14.2 Å². The molecule has 3 rings (SSSR count). The van der Waals surface area contributed by atoms with Crippen molar-refractivity contribution < 1.29 is 28.5 Å². The zero-order valence-corrected chi connectivity index (χ0v) is 14.4. The Balaban J connectivity index is 1.68. The zero-order valence-electron chi connectivity index (χ0n) is 14.4. The van der Waals surface area contributed by atoms with E-state index in [2.05, 4.69) is 0 Å². The van der Waals surface area contributed by atoms with Gasteiger partial charge in [0.1, 0.15) is 6.10 Å². The summed E-state index contributed by atoms with van der Waals surface area (Å²) in [7, 11) is 2.91. The highest BCUT2D eigenvalue weighted by molar-refractivity contribution is 5.90. The van der Waals surface area contributed by atoms with Crippen molar-refractivity contribution >= 4 is 17.5 Å². The minimum atomic E-state index is -1.27. The lowest BCUT2D eigenvalue weighted by atomic mass is 10.0. The van der Waals surface area contributed by atoms with Crippen LogP contribution in [0.4, 0.5) is 20.6 Å². The molecule has 0 aliphatic carbocycles. The number of alkyl halides is 1. The number of ether oxygens (including phenoxy) is 3. The second-order valence-corrected chi connectivity index (χ2v) is 6.20. The average molecular weight is 354 g/mol. The summed E-state index contributed by atoms with van der Waals surface area (Å²) in [6, 6.07) is 7.26. The van der Waals surface area contributed by atoms with Crippen molar-refractivity contribution in [1.29, 1.82) is 0 Å². The topological polar surface area (TPSA) is 71.5 Å². The lowest BCUT2D eigenvalue weighted by Crippen LogP contribution is -2.55. The Hall–Kier alpha value is -1.90. The van der Waals surface area contributed by atoms with Gasteiger partial charge in [-0.3, -0.25) is 4.90 Å². The summed E-state index contributed by atoms with van der Waals surface area (Å²) in [5.74, 6) is -1.19. The number of benzene rings is 1. The molecular formula is C17H23FN2O5. The van der Waals surface area contributed by atoms with E-state index in [1.165, 1.54) is 19.1 Å². The molecule has 0 saturated carbocycles. The number of anilines is 2. The van der Waals surface area contributed by atoms with E-state index in [9.17, 15) is 9.18 Å². The zero-order chi connectivity index (χ0) is 18.0. The van der Waals surface area contributed by atoms with Gasteiger partial charge in [-0.25, -0.2) is 9.18 Å². The third-order valence-electron chi connectivity index (χ3n) is 4.88. The lowest BCUT2D eigenvalue weighted by Gasteiger charge is -2.42. The molecule has 7 nitrogen and oxygen atoms in total. The molecular weight excluding hydrogens is 331 g/mol. The number of methoxy groups -OCH3 is 2. The van der Waals surface area contributed by atoms with Gasteiger partial charge in [0.05, 0.1) is 19.7 Å². The summed E-state index contributed by atoms with van der Waals surface area (Å²) in [6.07, 6.45) is -1.83. The first-order valence-electron chi connectivity index (χ1n) is 8.21. The van der Waals surface area contributed by atoms with Gasteiger partial charge in [-0.05, 0) is 24.3 Å². The SMILES string of the molecule is COC1(OC)CCN(c2ccc(N3C[C@H](CO)OC3=O)cc2)CC1F. The molecule has 0 aromatic heterocycles. The molecule has 0 radical (unpaired) electrons. The van der Waals surface area contributed by atoms with Gasteiger partial charge in [-0.15, -0.1) is 0 Å². The molecule has 0 spiro atoms. The molecule has 2 fully saturated rings. The van der Waals surface area contributed by atoms with Gasteiger partial charge in [0, 0.05) is 38.6 Å². The molecule has 8 heteroatoms. The number of hydrogen-bond donors (Lipinski definition) is 1. The third-order valence-corrected chi connectivity index (χ3v) is 4.88. The molecule has 25 heavy (non-hydrogen) atoms. The molecule has 1 unspecified atom stereocenters. The van der Waals surface area contributed by atoms with Gasteiger partial charge in [-0.1, -0.05) is 0 Å². The minimum absolute atomic E-state index is 0.166. The Morgan fingerprint density at radius 1 is 1.24 bits per heavy atom. The molecule has 2 heterocycles. The van der Waals surface area contributed by atoms with Crippen LogP contribution in [0.5, 0.6) is 0 Å². The summed E-state index contributed by atoms with van der Waals surface area (Å²) < 4.78 is 30.0. The summed E-state index contributed by atoms with van der Waals surface area (Å²) in [5, 5.41) is 9.10. The number of carbonyl (C=O) groups is 1. The van der Waals surface area contributed by atoms with Crippen LogP contribution >= 0.6 is 0 Å². The van der Waals surface area contributed by atoms with Crippen molar-refractivity contribution in [3.63, 3.8) is 0 Å². The number of piperidine rings is 1. The second kappa shape index (κ2) is 7.15. The Morgan fingerprint density at radius 3 is 2.40 bits per heavy atom. The molecule has 2 aliphatic rings. The maximum atomic E-state index is 14.5. The van der Waals surface area contributed by atoms with Crippen LogP contribution < -0.4 is 9.80 Å². The summed E-state index contributed by atoms with van der Waals surface area (Å²) in [4.78, 5) is 15.2. The lowest BCUT2D eigenvalue weighted by molar-refractivity contribution is -0.249. The third kappa shape index (κ3) is 3.29. The Kier molecular flexibility index (Phi) is 5.12. The number of hydrogen-bond acceptors (Lipinski definition) is 6. The van der Waals surface area contributed by atoms with E-state index < -0.39 is 24.2 Å². The predicted octanol–water partition coefficient (Wildman–Crippen LogP) is 1.54. The largest absolute Gasteiger partial charge is 0.441 e. The van der Waals surface area contributed by atoms with Crippen molar-refractivity contribution in [3.05, 3.63) is 24.3 Å². The molecule has 2 aliphatic heterocycles. The fourth-order valence-electron chi connectivity index (χ4n) is 3.32. The van der Waals surface area contributed by atoms with Gasteiger partial charge in [0.2, 0.25) is 5.79 Å². The molecule has 1 aromatic carbocycles. The number of carbonyl (C=O) groups excluding carboxylic acids is 1. The molecule has 2 atom stereocenters. The van der Waals surface area contributed by atoms with Crippen LogP contribution in [-0.4, -0.2) is 69.7 Å². The van der Waals surface area contributed by atoms with Gasteiger partial charge in [-0.2, -0.15) is 0 Å². The normalized spacial score (nSPS) is 26.0. The van der Waals surface area contributed by atoms with E-state index in [4.69, 9.17) is 19.3 Å². The molecule has 2 saturated heterocycles. The quantitative estimate of drug-likeness (QED) is 0.809. The molecule has 1 N–H and O–H groups in total. The number of nitrogens with zero attached hydrogens (tertiary/aromatic N) is 2. The second-order valence-electron chi connectivity index (χ2n) is 6.20. The minimum Gasteiger partial charge on any atom is -0.441 e. The smallest absolute Gasteiger partial charge is 0.414 e. The first-order chi connectivity index (χ1) is 12.0. The fourth-order valence-corrected chi connectivity index (χ4v) is 3.32. The number of cyclic esters (lactones) is 1. The number of amides is 1. The summed E-state index contributed by atoms with van der Waals surface area (Å²) in [5.41, 5.74) is 1.54. The van der Waals surface area contributed by atoms with Crippen LogP contribution in [0.1, 0.15) is 6.42 Å². The monoisotopic (exact) mass is 354 g/mol. The van der Waals surface area contributed by atoms with E-state index in [1.54, 1.807) is 12.1 Å². The first-order valence-corrected chi connectivity index (χ1v) is 8.21. The van der Waals surface area contributed by atoms with E-state index in [1.807, 2.05) is 17.0 Å². The summed E-state index contributed by atoms with van der Waals surface area (Å²) in [6.45, 7) is 0.876. The Bertz CT molecular complexity index is 608. The highest BCUT2D eigenvalue weighted by atomic mass is 19.1. The number of aliphatic hydroxyl groups excluding tert-OH is 1. The first kappa shape index (κ1) is 17.9. The van der Waals surface area contributed by atoms with Crippen LogP contribution in [0.25, 0.3) is 0 Å².